The van der Waals surface area contributed by atoms with E-state index in [9.17, 15) is 18.0 Å². The van der Waals surface area contributed by atoms with E-state index in [0.717, 1.165) is 10.9 Å². The molecule has 1 aromatic heterocycles. The average Bonchev–Trinajstić information content (AvgIpc) is 2.43. The number of hydrogen-bond acceptors (Lipinski definition) is 2. The van der Waals surface area contributed by atoms with Crippen molar-refractivity contribution in [2.45, 2.75) is 32.5 Å². The summed E-state index contributed by atoms with van der Waals surface area (Å²) < 4.78 is 39.0. The van der Waals surface area contributed by atoms with Crippen LogP contribution in [0.25, 0.3) is 0 Å². The summed E-state index contributed by atoms with van der Waals surface area (Å²) in [5, 5.41) is 3.57. The predicted molar refractivity (Wildman–Crippen MR) is 50.7 cm³/mol. The topological polar surface area (TPSA) is 60.9 Å². The van der Waals surface area contributed by atoms with Crippen molar-refractivity contribution in [2.75, 3.05) is 0 Å². The van der Waals surface area contributed by atoms with E-state index in [0.29, 0.717) is 0 Å². The van der Waals surface area contributed by atoms with Gasteiger partial charge in [0, 0.05) is 0 Å². The standard InChI is InChI=1S/C9H12F3N3O/c1-8(2,3)15-6(9(10,11)12)5(4-14-15)7(13)16/h4H,1-3H3,(H2,13,16). The van der Waals surface area contributed by atoms with Crippen molar-refractivity contribution in [1.82, 2.24) is 9.78 Å². The zero-order valence-corrected chi connectivity index (χ0v) is 9.09. The Morgan fingerprint density at radius 1 is 1.38 bits per heavy atom. The maximum absolute atomic E-state index is 12.8. The van der Waals surface area contributed by atoms with Crippen LogP contribution < -0.4 is 5.73 Å². The highest BCUT2D eigenvalue weighted by Crippen LogP contribution is 2.34. The maximum Gasteiger partial charge on any atom is 0.433 e. The Bertz CT molecular complexity index is 415. The molecule has 4 nitrogen and oxygen atoms in total. The van der Waals surface area contributed by atoms with Gasteiger partial charge in [0.25, 0.3) is 5.91 Å². The molecule has 7 heteroatoms. The molecule has 0 bridgehead atoms. The number of rotatable bonds is 1. The molecule has 90 valence electrons. The third kappa shape index (κ3) is 2.17. The molecule has 0 radical (unpaired) electrons. The van der Waals surface area contributed by atoms with Gasteiger partial charge in [-0.05, 0) is 20.8 Å². The first-order valence-corrected chi connectivity index (χ1v) is 4.50. The zero-order valence-electron chi connectivity index (χ0n) is 9.09. The van der Waals surface area contributed by atoms with Crippen LogP contribution in [0.4, 0.5) is 13.2 Å². The van der Waals surface area contributed by atoms with Crippen LogP contribution in [0.2, 0.25) is 0 Å². The lowest BCUT2D eigenvalue weighted by Crippen LogP contribution is -2.30. The number of nitrogens with zero attached hydrogens (tertiary/aromatic N) is 2. The molecule has 0 atom stereocenters. The SMILES string of the molecule is CC(C)(C)n1ncc(C(N)=O)c1C(F)(F)F. The van der Waals surface area contributed by atoms with Crippen LogP contribution in [0.3, 0.4) is 0 Å². The third-order valence-electron chi connectivity index (χ3n) is 1.94. The lowest BCUT2D eigenvalue weighted by atomic mass is 10.1. The number of hydrogen-bond donors (Lipinski definition) is 1. The highest BCUT2D eigenvalue weighted by molar-refractivity contribution is 5.93. The van der Waals surface area contributed by atoms with Crippen LogP contribution in [0.15, 0.2) is 6.20 Å². The molecule has 0 fully saturated rings. The van der Waals surface area contributed by atoms with Gasteiger partial charge in [0.15, 0.2) is 5.69 Å². The van der Waals surface area contributed by atoms with E-state index < -0.39 is 28.9 Å². The van der Waals surface area contributed by atoms with Gasteiger partial charge in [-0.2, -0.15) is 18.3 Å². The smallest absolute Gasteiger partial charge is 0.365 e. The second-order valence-electron chi connectivity index (χ2n) is 4.35. The second kappa shape index (κ2) is 3.50. The molecular formula is C9H12F3N3O. The zero-order chi connectivity index (χ0) is 12.7. The summed E-state index contributed by atoms with van der Waals surface area (Å²) in [6.45, 7) is 4.67. The van der Waals surface area contributed by atoms with Gasteiger partial charge in [0.1, 0.15) is 0 Å². The summed E-state index contributed by atoms with van der Waals surface area (Å²) in [6.07, 6.45) is -3.81. The Hall–Kier alpha value is -1.53. The molecule has 0 saturated carbocycles. The summed E-state index contributed by atoms with van der Waals surface area (Å²) in [7, 11) is 0. The van der Waals surface area contributed by atoms with E-state index >= 15 is 0 Å². The number of primary amides is 1. The van der Waals surface area contributed by atoms with Gasteiger partial charge >= 0.3 is 6.18 Å². The number of nitrogens with two attached hydrogens (primary N) is 1. The van der Waals surface area contributed by atoms with E-state index in [4.69, 9.17) is 5.73 Å². The number of carbonyl (C=O) groups is 1. The monoisotopic (exact) mass is 235 g/mol. The highest BCUT2D eigenvalue weighted by atomic mass is 19.4. The van der Waals surface area contributed by atoms with E-state index in [1.165, 1.54) is 0 Å². The van der Waals surface area contributed by atoms with Gasteiger partial charge < -0.3 is 5.73 Å². The fourth-order valence-corrected chi connectivity index (χ4v) is 1.31. The average molecular weight is 235 g/mol. The van der Waals surface area contributed by atoms with Crippen molar-refractivity contribution >= 4 is 5.91 Å². The van der Waals surface area contributed by atoms with Gasteiger partial charge in [-0.15, -0.1) is 0 Å². The molecule has 0 aromatic carbocycles. The predicted octanol–water partition coefficient (Wildman–Crippen LogP) is 1.76. The normalized spacial score (nSPS) is 12.9. The fraction of sp³-hybridized carbons (Fsp3) is 0.556. The summed E-state index contributed by atoms with van der Waals surface area (Å²) in [5.74, 6) is -1.14. The van der Waals surface area contributed by atoms with Gasteiger partial charge in [-0.25, -0.2) is 0 Å². The van der Waals surface area contributed by atoms with Crippen LogP contribution in [0.5, 0.6) is 0 Å². The molecule has 2 N–H and O–H groups in total. The molecular weight excluding hydrogens is 223 g/mol. The van der Waals surface area contributed by atoms with Gasteiger partial charge in [0.2, 0.25) is 0 Å². The van der Waals surface area contributed by atoms with Gasteiger partial charge in [-0.1, -0.05) is 0 Å². The first-order chi connectivity index (χ1) is 7.05. The minimum atomic E-state index is -4.66. The highest BCUT2D eigenvalue weighted by Gasteiger charge is 2.41. The molecule has 0 aliphatic carbocycles. The lowest BCUT2D eigenvalue weighted by molar-refractivity contribution is -0.146. The molecule has 0 spiro atoms. The quantitative estimate of drug-likeness (QED) is 0.806. The van der Waals surface area contributed by atoms with Crippen LogP contribution >= 0.6 is 0 Å². The molecule has 1 amide bonds. The number of alkyl halides is 3. The third-order valence-corrected chi connectivity index (χ3v) is 1.94. The van der Waals surface area contributed by atoms with Gasteiger partial charge in [-0.3, -0.25) is 9.48 Å². The molecule has 16 heavy (non-hydrogen) atoms. The molecule has 0 aliphatic rings. The number of carbonyl (C=O) groups excluding carboxylic acids is 1. The Morgan fingerprint density at radius 3 is 2.19 bits per heavy atom. The maximum atomic E-state index is 12.8. The van der Waals surface area contributed by atoms with Gasteiger partial charge in [0.05, 0.1) is 17.3 Å². The van der Waals surface area contributed by atoms with Crippen molar-refractivity contribution < 1.29 is 18.0 Å². The van der Waals surface area contributed by atoms with Crippen molar-refractivity contribution in [2.24, 2.45) is 5.73 Å². The van der Waals surface area contributed by atoms with Crippen LogP contribution in [-0.4, -0.2) is 15.7 Å². The van der Waals surface area contributed by atoms with E-state index in [2.05, 4.69) is 5.10 Å². The molecule has 1 heterocycles. The van der Waals surface area contributed by atoms with E-state index in [-0.39, 0.29) is 0 Å². The Labute approximate surface area is 90.2 Å². The van der Waals surface area contributed by atoms with E-state index in [1.807, 2.05) is 0 Å². The van der Waals surface area contributed by atoms with Crippen LogP contribution in [0, 0.1) is 0 Å². The van der Waals surface area contributed by atoms with Crippen molar-refractivity contribution in [3.05, 3.63) is 17.5 Å². The Kier molecular flexibility index (Phi) is 2.74. The fourth-order valence-electron chi connectivity index (χ4n) is 1.31. The second-order valence-corrected chi connectivity index (χ2v) is 4.35. The first kappa shape index (κ1) is 12.5. The number of aromatic nitrogens is 2. The minimum absolute atomic E-state index is 0.609. The van der Waals surface area contributed by atoms with Crippen LogP contribution in [0.1, 0.15) is 36.8 Å². The van der Waals surface area contributed by atoms with Crippen molar-refractivity contribution in [3.63, 3.8) is 0 Å². The summed E-state index contributed by atoms with van der Waals surface area (Å²) >= 11 is 0. The molecule has 0 saturated heterocycles. The Morgan fingerprint density at radius 2 is 1.88 bits per heavy atom. The lowest BCUT2D eigenvalue weighted by Gasteiger charge is -2.23. The summed E-state index contributed by atoms with van der Waals surface area (Å²) in [4.78, 5) is 10.9. The minimum Gasteiger partial charge on any atom is -0.365 e. The van der Waals surface area contributed by atoms with Crippen LogP contribution in [-0.2, 0) is 11.7 Å². The number of amides is 1. The van der Waals surface area contributed by atoms with E-state index in [1.54, 1.807) is 20.8 Å². The van der Waals surface area contributed by atoms with Crippen molar-refractivity contribution in [1.29, 1.82) is 0 Å². The first-order valence-electron chi connectivity index (χ1n) is 4.50. The summed E-state index contributed by atoms with van der Waals surface area (Å²) in [6, 6.07) is 0. The number of halogens is 3. The van der Waals surface area contributed by atoms with Crippen molar-refractivity contribution in [3.8, 4) is 0 Å². The molecule has 0 aliphatic heterocycles. The summed E-state index contributed by atoms with van der Waals surface area (Å²) in [5.41, 5.74) is 2.29. The Balaban J connectivity index is 3.50. The molecule has 1 aromatic rings. The largest absolute Gasteiger partial charge is 0.433 e. The molecule has 0 unspecified atom stereocenters. The molecule has 1 rings (SSSR count).